The lowest BCUT2D eigenvalue weighted by atomic mass is 10.5. The van der Waals surface area contributed by atoms with Crippen LogP contribution in [0.3, 0.4) is 0 Å². The molecule has 4 heteroatoms. The van der Waals surface area contributed by atoms with Gasteiger partial charge in [0.05, 0.1) is 24.9 Å². The lowest BCUT2D eigenvalue weighted by molar-refractivity contribution is 0.0860. The fraction of sp³-hybridized carbons (Fsp3) is 0.400. The molecule has 0 atom stereocenters. The van der Waals surface area contributed by atoms with Crippen LogP contribution in [0.25, 0.3) is 0 Å². The van der Waals surface area contributed by atoms with Crippen molar-refractivity contribution in [1.82, 2.24) is 10.5 Å². The molecule has 0 fully saturated rings. The second-order valence-electron chi connectivity index (χ2n) is 1.51. The number of hydroxylamine groups is 1. The van der Waals surface area contributed by atoms with E-state index in [4.69, 9.17) is 0 Å². The van der Waals surface area contributed by atoms with Crippen molar-refractivity contribution in [1.29, 1.82) is 0 Å². The Labute approximate surface area is 57.6 Å². The van der Waals surface area contributed by atoms with Crippen LogP contribution in [0.1, 0.15) is 5.69 Å². The van der Waals surface area contributed by atoms with Gasteiger partial charge in [-0.3, -0.25) is 0 Å². The molecular weight excluding hydrogens is 136 g/mol. The van der Waals surface area contributed by atoms with Gasteiger partial charge in [-0.05, 0) is 0 Å². The molecule has 1 N–H and O–H groups in total. The zero-order chi connectivity index (χ0) is 6.53. The van der Waals surface area contributed by atoms with E-state index in [2.05, 4.69) is 15.3 Å². The Balaban J connectivity index is 2.30. The van der Waals surface area contributed by atoms with Gasteiger partial charge in [-0.25, -0.2) is 4.98 Å². The topological polar surface area (TPSA) is 34.1 Å². The number of thiazole rings is 1. The summed E-state index contributed by atoms with van der Waals surface area (Å²) in [7, 11) is 1.59. The molecule has 0 aromatic carbocycles. The van der Waals surface area contributed by atoms with Gasteiger partial charge in [-0.2, -0.15) is 5.48 Å². The summed E-state index contributed by atoms with van der Waals surface area (Å²) >= 11 is 1.58. The molecule has 0 amide bonds. The van der Waals surface area contributed by atoms with E-state index in [1.165, 1.54) is 0 Å². The second-order valence-corrected chi connectivity index (χ2v) is 2.22. The fourth-order valence-corrected chi connectivity index (χ4v) is 1.03. The molecular formula is C5H8N2OS. The molecule has 0 spiro atoms. The molecule has 9 heavy (non-hydrogen) atoms. The van der Waals surface area contributed by atoms with Crippen molar-refractivity contribution in [2.75, 3.05) is 7.11 Å². The first-order chi connectivity index (χ1) is 4.43. The number of hydrogen-bond acceptors (Lipinski definition) is 4. The van der Waals surface area contributed by atoms with Gasteiger partial charge < -0.3 is 4.84 Å². The van der Waals surface area contributed by atoms with Gasteiger partial charge in [0.1, 0.15) is 0 Å². The monoisotopic (exact) mass is 144 g/mol. The summed E-state index contributed by atoms with van der Waals surface area (Å²) in [6.45, 7) is 0.681. The zero-order valence-corrected chi connectivity index (χ0v) is 5.94. The summed E-state index contributed by atoms with van der Waals surface area (Å²) in [6, 6.07) is 0. The second kappa shape index (κ2) is 3.55. The number of rotatable bonds is 3. The van der Waals surface area contributed by atoms with E-state index in [1.54, 1.807) is 24.0 Å². The van der Waals surface area contributed by atoms with Crippen molar-refractivity contribution in [2.24, 2.45) is 0 Å². The molecule has 1 aromatic rings. The van der Waals surface area contributed by atoms with E-state index in [1.807, 2.05) is 5.38 Å². The summed E-state index contributed by atoms with van der Waals surface area (Å²) in [5.41, 5.74) is 5.51. The third kappa shape index (κ3) is 2.09. The van der Waals surface area contributed by atoms with Crippen molar-refractivity contribution < 1.29 is 4.84 Å². The van der Waals surface area contributed by atoms with Crippen LogP contribution >= 0.6 is 11.3 Å². The van der Waals surface area contributed by atoms with Crippen LogP contribution < -0.4 is 5.48 Å². The third-order valence-corrected chi connectivity index (χ3v) is 1.52. The maximum Gasteiger partial charge on any atom is 0.0795 e. The van der Waals surface area contributed by atoms with E-state index in [0.29, 0.717) is 6.54 Å². The first-order valence-corrected chi connectivity index (χ1v) is 3.50. The molecule has 0 radical (unpaired) electrons. The lowest BCUT2D eigenvalue weighted by Crippen LogP contribution is -2.10. The maximum atomic E-state index is 4.63. The molecule has 50 valence electrons. The Morgan fingerprint density at radius 1 is 1.89 bits per heavy atom. The first-order valence-electron chi connectivity index (χ1n) is 2.56. The van der Waals surface area contributed by atoms with Gasteiger partial charge in [-0.1, -0.05) is 0 Å². The molecule has 0 aliphatic heterocycles. The van der Waals surface area contributed by atoms with Crippen molar-refractivity contribution in [3.8, 4) is 0 Å². The lowest BCUT2D eigenvalue weighted by Gasteiger charge is -1.94. The van der Waals surface area contributed by atoms with Crippen LogP contribution in [0.15, 0.2) is 10.9 Å². The molecule has 0 saturated heterocycles. The Bertz CT molecular complexity index is 152. The number of nitrogens with one attached hydrogen (secondary N) is 1. The van der Waals surface area contributed by atoms with Crippen LogP contribution in [-0.4, -0.2) is 12.1 Å². The molecule has 1 aromatic heterocycles. The van der Waals surface area contributed by atoms with E-state index < -0.39 is 0 Å². The van der Waals surface area contributed by atoms with Gasteiger partial charge in [-0.15, -0.1) is 11.3 Å². The minimum atomic E-state index is 0.681. The Kier molecular flexibility index (Phi) is 2.63. The van der Waals surface area contributed by atoms with E-state index in [0.717, 1.165) is 5.69 Å². The van der Waals surface area contributed by atoms with Crippen molar-refractivity contribution in [3.63, 3.8) is 0 Å². The molecule has 3 nitrogen and oxygen atoms in total. The Morgan fingerprint density at radius 3 is 3.33 bits per heavy atom. The summed E-state index contributed by atoms with van der Waals surface area (Å²) in [6.07, 6.45) is 0. The standard InChI is InChI=1S/C5H8N2OS/c1-8-7-2-5-3-9-4-6-5/h3-4,7H,2H2,1H3. The molecule has 0 unspecified atom stereocenters. The summed E-state index contributed by atoms with van der Waals surface area (Å²) in [5.74, 6) is 0. The zero-order valence-electron chi connectivity index (χ0n) is 5.13. The predicted molar refractivity (Wildman–Crippen MR) is 36.0 cm³/mol. The van der Waals surface area contributed by atoms with Crippen molar-refractivity contribution in [2.45, 2.75) is 6.54 Å². The van der Waals surface area contributed by atoms with Gasteiger partial charge in [0.25, 0.3) is 0 Å². The van der Waals surface area contributed by atoms with E-state index in [-0.39, 0.29) is 0 Å². The highest BCUT2D eigenvalue weighted by atomic mass is 32.1. The smallest absolute Gasteiger partial charge is 0.0795 e. The molecule has 0 aliphatic carbocycles. The quantitative estimate of drug-likeness (QED) is 0.637. The highest BCUT2D eigenvalue weighted by Gasteiger charge is 1.90. The number of aromatic nitrogens is 1. The van der Waals surface area contributed by atoms with Crippen LogP contribution in [0.5, 0.6) is 0 Å². The summed E-state index contributed by atoms with van der Waals surface area (Å²) in [4.78, 5) is 8.66. The average molecular weight is 144 g/mol. The number of nitrogens with zero attached hydrogens (tertiary/aromatic N) is 1. The minimum Gasteiger partial charge on any atom is -0.305 e. The maximum absolute atomic E-state index is 4.63. The average Bonchev–Trinajstić information content (AvgIpc) is 2.34. The SMILES string of the molecule is CONCc1cscn1. The van der Waals surface area contributed by atoms with E-state index >= 15 is 0 Å². The predicted octanol–water partition coefficient (Wildman–Crippen LogP) is 0.794. The molecule has 0 bridgehead atoms. The first kappa shape index (κ1) is 6.67. The van der Waals surface area contributed by atoms with Crippen LogP contribution in [0, 0.1) is 0 Å². The minimum absolute atomic E-state index is 0.681. The van der Waals surface area contributed by atoms with Crippen LogP contribution in [-0.2, 0) is 11.4 Å². The number of hydrogen-bond donors (Lipinski definition) is 1. The molecule has 0 aliphatic rings. The van der Waals surface area contributed by atoms with Gasteiger partial charge in [0.15, 0.2) is 0 Å². The fourth-order valence-electron chi connectivity index (χ4n) is 0.471. The molecule has 1 rings (SSSR count). The van der Waals surface area contributed by atoms with Gasteiger partial charge in [0, 0.05) is 5.38 Å². The highest BCUT2D eigenvalue weighted by molar-refractivity contribution is 7.07. The molecule has 0 saturated carbocycles. The largest absolute Gasteiger partial charge is 0.305 e. The Morgan fingerprint density at radius 2 is 2.78 bits per heavy atom. The normalized spacial score (nSPS) is 9.89. The van der Waals surface area contributed by atoms with Crippen LogP contribution in [0.4, 0.5) is 0 Å². The van der Waals surface area contributed by atoms with Crippen molar-refractivity contribution in [3.05, 3.63) is 16.6 Å². The van der Waals surface area contributed by atoms with Gasteiger partial charge >= 0.3 is 0 Å². The van der Waals surface area contributed by atoms with Gasteiger partial charge in [0.2, 0.25) is 0 Å². The van der Waals surface area contributed by atoms with Crippen molar-refractivity contribution >= 4 is 11.3 Å². The van der Waals surface area contributed by atoms with Crippen LogP contribution in [0.2, 0.25) is 0 Å². The highest BCUT2D eigenvalue weighted by Crippen LogP contribution is 1.98. The summed E-state index contributed by atoms with van der Waals surface area (Å²) in [5, 5.41) is 1.98. The third-order valence-electron chi connectivity index (χ3n) is 0.881. The summed E-state index contributed by atoms with van der Waals surface area (Å²) < 4.78 is 0. The van der Waals surface area contributed by atoms with E-state index in [9.17, 15) is 0 Å². The molecule has 1 heterocycles. The Hall–Kier alpha value is -0.450.